The van der Waals surface area contributed by atoms with E-state index < -0.39 is 20.8 Å². The van der Waals surface area contributed by atoms with E-state index in [4.69, 9.17) is 16.0 Å². The predicted molar refractivity (Wildman–Crippen MR) is 112 cm³/mol. The molecule has 0 spiro atoms. The molecule has 1 atom stereocenters. The van der Waals surface area contributed by atoms with Gasteiger partial charge in [0.1, 0.15) is 5.82 Å². The maximum atomic E-state index is 13.0. The third-order valence-corrected chi connectivity index (χ3v) is 7.34. The number of nitrogens with one attached hydrogen (secondary N) is 1. The number of ketones is 1. The summed E-state index contributed by atoms with van der Waals surface area (Å²) in [5, 5.41) is 0.830. The van der Waals surface area contributed by atoms with Crippen LogP contribution in [0.4, 0.5) is 0 Å². The second kappa shape index (κ2) is 6.57. The summed E-state index contributed by atoms with van der Waals surface area (Å²) in [5.41, 5.74) is 1.45. The summed E-state index contributed by atoms with van der Waals surface area (Å²) in [4.78, 5) is 21.1. The highest BCUT2D eigenvalue weighted by molar-refractivity contribution is 6.32. The SMILES string of the molecule is CC(C)(C)[SiH2]OC(C)(C)c1cnc(C2c3c(Cl)cccc3C(=O)C2(C)C)[nH]1. The second-order valence-corrected chi connectivity index (χ2v) is 12.8. The van der Waals surface area contributed by atoms with E-state index in [-0.39, 0.29) is 16.7 Å². The topological polar surface area (TPSA) is 55.0 Å². The number of aromatic amines is 1. The van der Waals surface area contributed by atoms with Gasteiger partial charge in [0.25, 0.3) is 0 Å². The summed E-state index contributed by atoms with van der Waals surface area (Å²) in [7, 11) is -0.714. The van der Waals surface area contributed by atoms with Crippen LogP contribution in [0.15, 0.2) is 24.4 Å². The van der Waals surface area contributed by atoms with Crippen LogP contribution >= 0.6 is 11.6 Å². The smallest absolute Gasteiger partial charge is 0.169 e. The Kier molecular flexibility index (Phi) is 4.94. The molecule has 0 aliphatic heterocycles. The van der Waals surface area contributed by atoms with Gasteiger partial charge in [0.15, 0.2) is 15.5 Å². The Bertz CT molecular complexity index is 881. The number of hydrogen-bond acceptors (Lipinski definition) is 3. The molecule has 1 aromatic heterocycles. The van der Waals surface area contributed by atoms with Gasteiger partial charge >= 0.3 is 0 Å². The standard InChI is InChI=1S/C21H29ClN2O2Si/c1-19(2,3)27-26-21(6,7)14-11-23-18(24-14)16-15-12(9-8-10-13(15)22)17(25)20(16,4)5/h8-11,16H,27H2,1-7H3,(H,23,24). The van der Waals surface area contributed by atoms with E-state index in [0.717, 1.165) is 17.1 Å². The van der Waals surface area contributed by atoms with Crippen molar-refractivity contribution < 1.29 is 9.22 Å². The molecule has 1 heterocycles. The number of fused-ring (bicyclic) bond motifs is 1. The molecule has 1 aliphatic rings. The van der Waals surface area contributed by atoms with Crippen molar-refractivity contribution in [3.05, 3.63) is 52.1 Å². The molecule has 2 aromatic rings. The lowest BCUT2D eigenvalue weighted by atomic mass is 9.78. The molecule has 0 amide bonds. The van der Waals surface area contributed by atoms with Gasteiger partial charge in [-0.15, -0.1) is 0 Å². The first-order valence-electron chi connectivity index (χ1n) is 9.37. The van der Waals surface area contributed by atoms with Crippen LogP contribution in [0.2, 0.25) is 10.1 Å². The Morgan fingerprint density at radius 1 is 1.22 bits per heavy atom. The fraction of sp³-hybridized carbons (Fsp3) is 0.524. The van der Waals surface area contributed by atoms with Crippen LogP contribution in [0.25, 0.3) is 0 Å². The first-order valence-corrected chi connectivity index (χ1v) is 11.0. The first kappa shape index (κ1) is 20.3. The summed E-state index contributed by atoms with van der Waals surface area (Å²) in [6.07, 6.45) is 1.84. The molecule has 0 bridgehead atoms. The average molecular weight is 405 g/mol. The van der Waals surface area contributed by atoms with Gasteiger partial charge in [0.2, 0.25) is 0 Å². The molecule has 0 fully saturated rings. The number of aromatic nitrogens is 2. The van der Waals surface area contributed by atoms with Crippen molar-refractivity contribution in [3.63, 3.8) is 0 Å². The monoisotopic (exact) mass is 404 g/mol. The lowest BCUT2D eigenvalue weighted by Gasteiger charge is -2.29. The predicted octanol–water partition coefficient (Wildman–Crippen LogP) is 4.97. The Labute approximate surface area is 169 Å². The van der Waals surface area contributed by atoms with E-state index in [1.54, 1.807) is 0 Å². The van der Waals surface area contributed by atoms with Gasteiger partial charge in [-0.25, -0.2) is 4.98 Å². The summed E-state index contributed by atoms with van der Waals surface area (Å²) < 4.78 is 6.30. The van der Waals surface area contributed by atoms with Crippen LogP contribution in [0.5, 0.6) is 0 Å². The Balaban J connectivity index is 1.98. The zero-order chi connectivity index (χ0) is 20.2. The summed E-state index contributed by atoms with van der Waals surface area (Å²) in [6, 6.07) is 5.53. The number of nitrogens with zero attached hydrogens (tertiary/aromatic N) is 1. The number of Topliss-reactive ketones (excluding diaryl/α,β-unsaturated/α-hetero) is 1. The highest BCUT2D eigenvalue weighted by Gasteiger charge is 2.49. The lowest BCUT2D eigenvalue weighted by molar-refractivity contribution is 0.0844. The molecule has 1 unspecified atom stereocenters. The number of hydrogen-bond donors (Lipinski definition) is 1. The second-order valence-electron chi connectivity index (χ2n) is 9.73. The Morgan fingerprint density at radius 2 is 1.89 bits per heavy atom. The van der Waals surface area contributed by atoms with Crippen LogP contribution < -0.4 is 0 Å². The number of halogens is 1. The van der Waals surface area contributed by atoms with E-state index in [1.807, 2.05) is 38.2 Å². The van der Waals surface area contributed by atoms with Gasteiger partial charge in [-0.1, -0.05) is 58.4 Å². The molecule has 27 heavy (non-hydrogen) atoms. The van der Waals surface area contributed by atoms with Crippen LogP contribution in [0, 0.1) is 5.41 Å². The van der Waals surface area contributed by atoms with Gasteiger partial charge < -0.3 is 9.41 Å². The van der Waals surface area contributed by atoms with Crippen molar-refractivity contribution >= 4 is 27.1 Å². The van der Waals surface area contributed by atoms with Crippen LogP contribution in [0.3, 0.4) is 0 Å². The first-order chi connectivity index (χ1) is 12.3. The molecule has 4 nitrogen and oxygen atoms in total. The quantitative estimate of drug-likeness (QED) is 0.731. The number of imidazole rings is 1. The van der Waals surface area contributed by atoms with Crippen LogP contribution in [0.1, 0.15) is 81.8 Å². The highest BCUT2D eigenvalue weighted by Crippen LogP contribution is 2.51. The van der Waals surface area contributed by atoms with Crippen molar-refractivity contribution in [2.24, 2.45) is 5.41 Å². The number of rotatable bonds is 4. The molecular formula is C21H29ClN2O2Si. The van der Waals surface area contributed by atoms with Crippen molar-refractivity contribution in [1.29, 1.82) is 0 Å². The summed E-state index contributed by atoms with van der Waals surface area (Å²) in [6.45, 7) is 14.7. The van der Waals surface area contributed by atoms with E-state index in [1.165, 1.54) is 0 Å². The minimum absolute atomic E-state index is 0.110. The van der Waals surface area contributed by atoms with Gasteiger partial charge in [-0.3, -0.25) is 4.79 Å². The van der Waals surface area contributed by atoms with Crippen molar-refractivity contribution in [2.45, 2.75) is 65.0 Å². The molecule has 3 rings (SSSR count). The Morgan fingerprint density at radius 3 is 2.52 bits per heavy atom. The third-order valence-electron chi connectivity index (χ3n) is 5.28. The third kappa shape index (κ3) is 3.65. The molecule has 1 N–H and O–H groups in total. The lowest BCUT2D eigenvalue weighted by Crippen LogP contribution is -2.28. The minimum atomic E-state index is -0.714. The molecule has 0 saturated carbocycles. The van der Waals surface area contributed by atoms with E-state index in [9.17, 15) is 4.79 Å². The summed E-state index contributed by atoms with van der Waals surface area (Å²) >= 11 is 6.49. The van der Waals surface area contributed by atoms with Crippen LogP contribution in [-0.2, 0) is 10.0 Å². The number of benzene rings is 1. The van der Waals surface area contributed by atoms with E-state index in [2.05, 4.69) is 44.6 Å². The zero-order valence-electron chi connectivity index (χ0n) is 17.2. The summed E-state index contributed by atoms with van der Waals surface area (Å²) in [5.74, 6) is 0.681. The molecule has 146 valence electrons. The average Bonchev–Trinajstić information content (AvgIpc) is 3.10. The van der Waals surface area contributed by atoms with Crippen molar-refractivity contribution in [1.82, 2.24) is 9.97 Å². The minimum Gasteiger partial charge on any atom is -0.413 e. The van der Waals surface area contributed by atoms with Crippen molar-refractivity contribution in [2.75, 3.05) is 0 Å². The number of H-pyrrole nitrogens is 1. The highest BCUT2D eigenvalue weighted by atomic mass is 35.5. The molecule has 1 aliphatic carbocycles. The normalized spacial score (nSPS) is 19.9. The molecule has 1 aromatic carbocycles. The van der Waals surface area contributed by atoms with Gasteiger partial charge in [-0.2, -0.15) is 0 Å². The van der Waals surface area contributed by atoms with E-state index in [0.29, 0.717) is 10.6 Å². The molecule has 6 heteroatoms. The number of carbonyl (C=O) groups excluding carboxylic acids is 1. The number of carbonyl (C=O) groups is 1. The van der Waals surface area contributed by atoms with Gasteiger partial charge in [0.05, 0.1) is 23.4 Å². The molecule has 0 radical (unpaired) electrons. The van der Waals surface area contributed by atoms with E-state index >= 15 is 0 Å². The molecular weight excluding hydrogens is 376 g/mol. The maximum absolute atomic E-state index is 13.0. The fourth-order valence-corrected chi connectivity index (χ4v) is 4.84. The van der Waals surface area contributed by atoms with Crippen LogP contribution in [-0.4, -0.2) is 25.5 Å². The fourth-order valence-electron chi connectivity index (χ4n) is 3.61. The molecule has 0 saturated heterocycles. The zero-order valence-corrected chi connectivity index (χ0v) is 19.4. The maximum Gasteiger partial charge on any atom is 0.169 e. The van der Waals surface area contributed by atoms with Gasteiger partial charge in [-0.05, 0) is 30.5 Å². The van der Waals surface area contributed by atoms with Crippen molar-refractivity contribution in [3.8, 4) is 0 Å². The Hall–Kier alpha value is -1.43. The van der Waals surface area contributed by atoms with Gasteiger partial charge in [0, 0.05) is 16.0 Å². The largest absolute Gasteiger partial charge is 0.413 e.